The zero-order chi connectivity index (χ0) is 14.3. The fraction of sp³-hybridized carbons (Fsp3) is 0.0714. The number of rotatable bonds is 1. The van der Waals surface area contributed by atoms with Gasteiger partial charge in [0.1, 0.15) is 0 Å². The predicted octanol–water partition coefficient (Wildman–Crippen LogP) is 4.44. The van der Waals surface area contributed by atoms with E-state index in [9.17, 15) is 13.2 Å². The number of alkyl halides is 3. The van der Waals surface area contributed by atoms with E-state index in [1.54, 1.807) is 9.63 Å². The molecule has 0 bridgehead atoms. The van der Waals surface area contributed by atoms with Crippen LogP contribution in [0.3, 0.4) is 0 Å². The van der Waals surface area contributed by atoms with Gasteiger partial charge in [0.2, 0.25) is 0 Å². The van der Waals surface area contributed by atoms with Crippen LogP contribution in [0.1, 0.15) is 5.56 Å². The van der Waals surface area contributed by atoms with Gasteiger partial charge in [0.25, 0.3) is 0 Å². The van der Waals surface area contributed by atoms with E-state index in [1.807, 2.05) is 24.3 Å². The summed E-state index contributed by atoms with van der Waals surface area (Å²) in [6.07, 6.45) is -4.38. The minimum absolute atomic E-state index is 0.140. The number of benzene rings is 2. The van der Waals surface area contributed by atoms with Crippen LogP contribution < -0.4 is 0 Å². The second-order valence-corrected chi connectivity index (χ2v) is 6.66. The molecule has 0 saturated heterocycles. The van der Waals surface area contributed by atoms with Crippen LogP contribution in [0, 0.1) is 4.64 Å². The first-order valence-electron chi connectivity index (χ1n) is 5.76. The molecule has 0 spiro atoms. The van der Waals surface area contributed by atoms with E-state index in [2.05, 4.69) is 0 Å². The molecule has 0 atom stereocenters. The van der Waals surface area contributed by atoms with Gasteiger partial charge >= 0.3 is 124 Å². The minimum atomic E-state index is -4.38. The molecule has 0 aliphatic rings. The molecule has 1 heterocycles. The number of nitrogens with zero attached hydrogens (tertiary/aromatic N) is 1. The normalized spacial score (nSPS) is 11.9. The van der Waals surface area contributed by atoms with Crippen molar-refractivity contribution in [2.45, 2.75) is 6.18 Å². The number of fused-ring (bicyclic) bond motifs is 1. The summed E-state index contributed by atoms with van der Waals surface area (Å²) >= 11 is 5.08. The molecule has 1 aromatic heterocycles. The molecule has 2 aromatic carbocycles. The fourth-order valence-electron chi connectivity index (χ4n) is 2.02. The van der Waals surface area contributed by atoms with E-state index in [4.69, 9.17) is 12.2 Å². The average molecular weight is 358 g/mol. The first-order valence-corrected chi connectivity index (χ1v) is 7.79. The molecule has 1 nitrogen and oxygen atoms in total. The van der Waals surface area contributed by atoms with Crippen molar-refractivity contribution in [2.24, 2.45) is 0 Å². The molecule has 0 aliphatic carbocycles. The van der Waals surface area contributed by atoms with Crippen molar-refractivity contribution < 1.29 is 13.2 Å². The Labute approximate surface area is 124 Å². The van der Waals surface area contributed by atoms with Crippen LogP contribution in [0.5, 0.6) is 0 Å². The average Bonchev–Trinajstić information content (AvgIpc) is 2.76. The maximum absolute atomic E-state index is 13.1. The van der Waals surface area contributed by atoms with E-state index < -0.39 is 11.7 Å². The van der Waals surface area contributed by atoms with Gasteiger partial charge in [0.15, 0.2) is 0 Å². The SMILES string of the molecule is FC(F)(F)c1ccccc1-n1[se]c2ccccc2c1=S. The third-order valence-corrected chi connectivity index (χ3v) is 5.92. The molecule has 102 valence electrons. The molecule has 0 unspecified atom stereocenters. The zero-order valence-electron chi connectivity index (χ0n) is 10.0. The third kappa shape index (κ3) is 2.24. The fourth-order valence-corrected chi connectivity index (χ4v) is 4.81. The van der Waals surface area contributed by atoms with E-state index in [0.717, 1.165) is 15.7 Å². The monoisotopic (exact) mass is 359 g/mol. The van der Waals surface area contributed by atoms with Gasteiger partial charge in [-0.3, -0.25) is 0 Å². The van der Waals surface area contributed by atoms with Crippen LogP contribution in [0.25, 0.3) is 15.3 Å². The molecular weight excluding hydrogens is 350 g/mol. The summed E-state index contributed by atoms with van der Waals surface area (Å²) in [6.45, 7) is 0. The summed E-state index contributed by atoms with van der Waals surface area (Å²) in [4.78, 5) is 0. The Morgan fingerprint density at radius 3 is 2.30 bits per heavy atom. The molecule has 0 N–H and O–H groups in total. The van der Waals surface area contributed by atoms with Crippen molar-refractivity contribution in [3.05, 3.63) is 58.7 Å². The Kier molecular flexibility index (Phi) is 3.32. The Bertz CT molecular complexity index is 832. The van der Waals surface area contributed by atoms with E-state index >= 15 is 0 Å². The van der Waals surface area contributed by atoms with Crippen LogP contribution in [-0.2, 0) is 6.18 Å². The van der Waals surface area contributed by atoms with Crippen molar-refractivity contribution in [1.82, 2.24) is 3.56 Å². The molecule has 3 aromatic rings. The van der Waals surface area contributed by atoms with Gasteiger partial charge in [0.05, 0.1) is 0 Å². The molecule has 6 heteroatoms. The Hall–Kier alpha value is -1.36. The first-order chi connectivity index (χ1) is 9.48. The summed E-state index contributed by atoms with van der Waals surface area (Å²) in [5.41, 5.74) is -0.502. The number of halogens is 3. The van der Waals surface area contributed by atoms with Crippen molar-refractivity contribution in [1.29, 1.82) is 0 Å². The standard InChI is InChI=1S/C14H8F3NSSe/c15-14(16,17)10-6-2-3-7-11(10)18-13(19)9-5-1-4-8-12(9)20-18/h1-8H. The first kappa shape index (κ1) is 13.6. The Balaban J connectivity index is 2.32. The molecule has 0 fully saturated rings. The molecule has 0 amide bonds. The van der Waals surface area contributed by atoms with Gasteiger partial charge in [-0.25, -0.2) is 0 Å². The molecule has 0 radical (unpaired) electrons. The van der Waals surface area contributed by atoms with Gasteiger partial charge in [0, 0.05) is 0 Å². The predicted molar refractivity (Wildman–Crippen MR) is 76.1 cm³/mol. The molecule has 20 heavy (non-hydrogen) atoms. The van der Waals surface area contributed by atoms with Crippen LogP contribution in [0.2, 0.25) is 0 Å². The van der Waals surface area contributed by atoms with Crippen molar-refractivity contribution >= 4 is 36.6 Å². The summed E-state index contributed by atoms with van der Waals surface area (Å²) in [6, 6.07) is 13.1. The summed E-state index contributed by atoms with van der Waals surface area (Å²) in [5.74, 6) is 0. The van der Waals surface area contributed by atoms with Crippen LogP contribution in [0.4, 0.5) is 13.2 Å². The second-order valence-electron chi connectivity index (χ2n) is 4.20. The summed E-state index contributed by atoms with van der Waals surface area (Å²) in [5, 5.41) is 0.861. The molecular formula is C14H8F3NSSe. The van der Waals surface area contributed by atoms with Crippen LogP contribution >= 0.6 is 12.2 Å². The number of aromatic nitrogens is 1. The second kappa shape index (κ2) is 4.88. The third-order valence-electron chi connectivity index (χ3n) is 2.92. The topological polar surface area (TPSA) is 4.93 Å². The van der Waals surface area contributed by atoms with Crippen LogP contribution in [-0.4, -0.2) is 18.3 Å². The molecule has 0 aliphatic heterocycles. The Morgan fingerprint density at radius 2 is 1.60 bits per heavy atom. The van der Waals surface area contributed by atoms with Gasteiger partial charge in [-0.05, 0) is 0 Å². The van der Waals surface area contributed by atoms with Gasteiger partial charge in [-0.1, -0.05) is 0 Å². The summed E-state index contributed by atoms with van der Waals surface area (Å²) in [7, 11) is 0. The van der Waals surface area contributed by atoms with Crippen molar-refractivity contribution in [3.63, 3.8) is 0 Å². The van der Waals surface area contributed by atoms with E-state index in [0.29, 0.717) is 4.64 Å². The van der Waals surface area contributed by atoms with Crippen molar-refractivity contribution in [3.8, 4) is 5.69 Å². The van der Waals surface area contributed by atoms with Gasteiger partial charge in [-0.15, -0.1) is 0 Å². The number of hydrogen-bond acceptors (Lipinski definition) is 1. The van der Waals surface area contributed by atoms with Crippen molar-refractivity contribution in [2.75, 3.05) is 0 Å². The number of hydrogen-bond donors (Lipinski definition) is 0. The van der Waals surface area contributed by atoms with E-state index in [-0.39, 0.29) is 20.4 Å². The number of para-hydroxylation sites is 1. The van der Waals surface area contributed by atoms with E-state index in [1.165, 1.54) is 12.1 Å². The zero-order valence-corrected chi connectivity index (χ0v) is 12.5. The quantitative estimate of drug-likeness (QED) is 0.460. The molecule has 3 rings (SSSR count). The summed E-state index contributed by atoms with van der Waals surface area (Å²) < 4.78 is 42.4. The Morgan fingerprint density at radius 1 is 0.950 bits per heavy atom. The molecule has 0 saturated carbocycles. The van der Waals surface area contributed by atoms with Gasteiger partial charge < -0.3 is 0 Å². The van der Waals surface area contributed by atoms with Gasteiger partial charge in [-0.2, -0.15) is 0 Å². The van der Waals surface area contributed by atoms with Crippen LogP contribution in [0.15, 0.2) is 48.5 Å². The maximum atomic E-state index is 13.1.